The number of rotatable bonds is 5. The summed E-state index contributed by atoms with van der Waals surface area (Å²) in [5.41, 5.74) is 8.02. The first-order chi connectivity index (χ1) is 12.9. The van der Waals surface area contributed by atoms with Crippen LogP contribution in [0.4, 0.5) is 0 Å². The number of allylic oxidation sites excluding steroid dienone is 2. The van der Waals surface area contributed by atoms with E-state index in [-0.39, 0.29) is 5.91 Å². The summed E-state index contributed by atoms with van der Waals surface area (Å²) in [6, 6.07) is 16.1. The second-order valence-corrected chi connectivity index (χ2v) is 6.45. The highest BCUT2D eigenvalue weighted by Crippen LogP contribution is 2.12. The van der Waals surface area contributed by atoms with Crippen molar-refractivity contribution in [2.45, 2.75) is 41.0 Å². The number of carbonyl (C=O) groups is 1. The molecular formula is C23H30N2O2. The smallest absolute Gasteiger partial charge is 0.271 e. The third-order valence-electron chi connectivity index (χ3n) is 4.05. The number of nitrogens with one attached hydrogen (secondary N) is 1. The van der Waals surface area contributed by atoms with E-state index >= 15 is 0 Å². The molecule has 2 aromatic carbocycles. The van der Waals surface area contributed by atoms with Gasteiger partial charge >= 0.3 is 0 Å². The van der Waals surface area contributed by atoms with Gasteiger partial charge in [0.1, 0.15) is 0 Å². The fourth-order valence-corrected chi connectivity index (χ4v) is 2.11. The lowest BCUT2D eigenvalue weighted by Gasteiger charge is -2.04. The molecule has 0 aliphatic rings. The van der Waals surface area contributed by atoms with Gasteiger partial charge in [-0.25, -0.2) is 5.43 Å². The zero-order chi connectivity index (χ0) is 20.2. The van der Waals surface area contributed by atoms with Crippen molar-refractivity contribution in [3.05, 3.63) is 82.1 Å². The average molecular weight is 367 g/mol. The predicted octanol–water partition coefficient (Wildman–Crippen LogP) is 5.27. The van der Waals surface area contributed by atoms with Crippen LogP contribution < -0.4 is 5.43 Å². The molecule has 0 heterocycles. The molecule has 1 N–H and O–H groups in total. The first kappa shape index (κ1) is 22.2. The molecule has 0 aliphatic carbocycles. The Morgan fingerprint density at radius 3 is 1.93 bits per heavy atom. The summed E-state index contributed by atoms with van der Waals surface area (Å²) in [5, 5.41) is 3.72. The van der Waals surface area contributed by atoms with Gasteiger partial charge in [0.2, 0.25) is 0 Å². The van der Waals surface area contributed by atoms with E-state index in [1.807, 2.05) is 45.0 Å². The fourth-order valence-electron chi connectivity index (χ4n) is 2.11. The van der Waals surface area contributed by atoms with Gasteiger partial charge in [0, 0.05) is 11.8 Å². The van der Waals surface area contributed by atoms with E-state index in [9.17, 15) is 4.79 Å². The first-order valence-corrected chi connectivity index (χ1v) is 8.98. The van der Waals surface area contributed by atoms with E-state index in [4.69, 9.17) is 4.74 Å². The standard InChI is InChI=1S/C17H18N2O.C6H12O/c1-3-18-19-17(20)16-10-8-15(9-11-16)12-14-6-4-13(2)5-7-14;1-5(2)6(3)7-4/h3-11H,12H2,1-2H3,(H,19,20);1-4H3/b18-3-;. The maximum atomic E-state index is 11.7. The number of methoxy groups -OCH3 is 1. The SMILES string of the molecule is C/C=N\NC(=O)c1ccc(Cc2ccc(C)cc2)cc1.COC(C)=C(C)C. The monoisotopic (exact) mass is 366 g/mol. The van der Waals surface area contributed by atoms with Crippen molar-refractivity contribution in [3.63, 3.8) is 0 Å². The molecule has 0 radical (unpaired) electrons. The molecule has 0 aliphatic heterocycles. The van der Waals surface area contributed by atoms with Crippen molar-refractivity contribution in [2.24, 2.45) is 5.10 Å². The summed E-state index contributed by atoms with van der Waals surface area (Å²) in [6.07, 6.45) is 2.42. The summed E-state index contributed by atoms with van der Waals surface area (Å²) in [6.45, 7) is 9.84. The maximum Gasteiger partial charge on any atom is 0.271 e. The lowest BCUT2D eigenvalue weighted by Crippen LogP contribution is -2.17. The van der Waals surface area contributed by atoms with Crippen molar-refractivity contribution < 1.29 is 9.53 Å². The predicted molar refractivity (Wildman–Crippen MR) is 113 cm³/mol. The van der Waals surface area contributed by atoms with Gasteiger partial charge in [-0.1, -0.05) is 42.0 Å². The zero-order valence-corrected chi connectivity index (χ0v) is 17.2. The van der Waals surface area contributed by atoms with Gasteiger partial charge in [0.05, 0.1) is 12.9 Å². The Balaban J connectivity index is 0.000000445. The molecule has 0 saturated carbocycles. The lowest BCUT2D eigenvalue weighted by molar-refractivity contribution is 0.0955. The Bertz CT molecular complexity index is 769. The third-order valence-corrected chi connectivity index (χ3v) is 4.05. The number of amides is 1. The summed E-state index contributed by atoms with van der Waals surface area (Å²) < 4.78 is 4.89. The molecule has 2 aromatic rings. The summed E-state index contributed by atoms with van der Waals surface area (Å²) in [7, 11) is 1.68. The Kier molecular flexibility index (Phi) is 9.59. The highest BCUT2D eigenvalue weighted by molar-refractivity contribution is 5.94. The first-order valence-electron chi connectivity index (χ1n) is 8.98. The van der Waals surface area contributed by atoms with E-state index in [2.05, 4.69) is 41.7 Å². The van der Waals surface area contributed by atoms with E-state index < -0.39 is 0 Å². The number of benzene rings is 2. The van der Waals surface area contributed by atoms with Gasteiger partial charge in [-0.15, -0.1) is 0 Å². The van der Waals surface area contributed by atoms with Gasteiger partial charge in [0.15, 0.2) is 0 Å². The third kappa shape index (κ3) is 8.36. The molecule has 0 aromatic heterocycles. The van der Waals surface area contributed by atoms with Gasteiger partial charge in [-0.2, -0.15) is 5.10 Å². The number of hydrogen-bond donors (Lipinski definition) is 1. The number of ether oxygens (including phenoxy) is 1. The zero-order valence-electron chi connectivity index (χ0n) is 17.2. The molecule has 0 saturated heterocycles. The Morgan fingerprint density at radius 2 is 1.52 bits per heavy atom. The summed E-state index contributed by atoms with van der Waals surface area (Å²) >= 11 is 0. The van der Waals surface area contributed by atoms with Crippen LogP contribution in [0.1, 0.15) is 54.7 Å². The molecule has 4 nitrogen and oxygen atoms in total. The molecule has 4 heteroatoms. The van der Waals surface area contributed by atoms with Crippen LogP contribution in [0.25, 0.3) is 0 Å². The molecule has 0 atom stereocenters. The number of nitrogens with zero attached hydrogens (tertiary/aromatic N) is 1. The van der Waals surface area contributed by atoms with Gasteiger partial charge < -0.3 is 4.74 Å². The van der Waals surface area contributed by atoms with Crippen molar-refractivity contribution in [1.29, 1.82) is 0 Å². The number of aryl methyl sites for hydroxylation is 1. The van der Waals surface area contributed by atoms with Gasteiger partial charge in [0.25, 0.3) is 5.91 Å². The van der Waals surface area contributed by atoms with E-state index in [1.54, 1.807) is 20.2 Å². The Labute approximate surface area is 163 Å². The normalized spacial score (nSPS) is 10.0. The maximum absolute atomic E-state index is 11.7. The lowest BCUT2D eigenvalue weighted by atomic mass is 10.0. The second kappa shape index (κ2) is 11.7. The minimum absolute atomic E-state index is 0.190. The number of hydrazone groups is 1. The Morgan fingerprint density at radius 1 is 1.00 bits per heavy atom. The van der Waals surface area contributed by atoms with Crippen molar-refractivity contribution >= 4 is 12.1 Å². The van der Waals surface area contributed by atoms with Crippen LogP contribution in [-0.4, -0.2) is 19.2 Å². The van der Waals surface area contributed by atoms with Crippen molar-refractivity contribution in [1.82, 2.24) is 5.43 Å². The molecule has 0 unspecified atom stereocenters. The molecule has 0 fully saturated rings. The topological polar surface area (TPSA) is 50.7 Å². The fraction of sp³-hybridized carbons (Fsp3) is 0.304. The average Bonchev–Trinajstić information content (AvgIpc) is 2.68. The minimum Gasteiger partial charge on any atom is -0.501 e. The molecule has 0 bridgehead atoms. The van der Waals surface area contributed by atoms with Crippen LogP contribution in [0, 0.1) is 6.92 Å². The molecule has 0 spiro atoms. The van der Waals surface area contributed by atoms with Crippen molar-refractivity contribution in [2.75, 3.05) is 7.11 Å². The highest BCUT2D eigenvalue weighted by Gasteiger charge is 2.04. The van der Waals surface area contributed by atoms with Crippen LogP contribution >= 0.6 is 0 Å². The highest BCUT2D eigenvalue weighted by atomic mass is 16.5. The summed E-state index contributed by atoms with van der Waals surface area (Å²) in [5.74, 6) is 0.824. The Hall–Kier alpha value is -2.88. The number of carbonyl (C=O) groups excluding carboxylic acids is 1. The quantitative estimate of drug-likeness (QED) is 0.445. The van der Waals surface area contributed by atoms with Crippen molar-refractivity contribution in [3.8, 4) is 0 Å². The minimum atomic E-state index is -0.190. The molecular weight excluding hydrogens is 336 g/mol. The van der Waals surface area contributed by atoms with Crippen LogP contribution in [0.15, 0.2) is 65.0 Å². The van der Waals surface area contributed by atoms with Crippen LogP contribution in [0.5, 0.6) is 0 Å². The van der Waals surface area contributed by atoms with Crippen LogP contribution in [0.3, 0.4) is 0 Å². The van der Waals surface area contributed by atoms with Crippen LogP contribution in [0.2, 0.25) is 0 Å². The second-order valence-electron chi connectivity index (χ2n) is 6.45. The van der Waals surface area contributed by atoms with Gasteiger partial charge in [-0.05, 0) is 69.9 Å². The molecule has 144 valence electrons. The summed E-state index contributed by atoms with van der Waals surface area (Å²) in [4.78, 5) is 11.7. The van der Waals surface area contributed by atoms with E-state index in [0.29, 0.717) is 5.56 Å². The molecule has 1 amide bonds. The van der Waals surface area contributed by atoms with Gasteiger partial charge in [-0.3, -0.25) is 4.79 Å². The number of hydrogen-bond acceptors (Lipinski definition) is 3. The molecule has 2 rings (SSSR count). The molecule has 27 heavy (non-hydrogen) atoms. The largest absolute Gasteiger partial charge is 0.501 e. The van der Waals surface area contributed by atoms with E-state index in [0.717, 1.165) is 12.2 Å². The van der Waals surface area contributed by atoms with Crippen LogP contribution in [-0.2, 0) is 11.2 Å². The van der Waals surface area contributed by atoms with E-state index in [1.165, 1.54) is 22.3 Å².